The maximum absolute atomic E-state index is 13.8. The van der Waals surface area contributed by atoms with Crippen LogP contribution in [0.15, 0.2) is 59.6 Å². The summed E-state index contributed by atoms with van der Waals surface area (Å²) >= 11 is 0. The third-order valence-electron chi connectivity index (χ3n) is 7.66. The Morgan fingerprint density at radius 1 is 0.688 bits per heavy atom. The number of amides is 5. The molecular formula is C33H46N8O7. The van der Waals surface area contributed by atoms with Crippen LogP contribution >= 0.6 is 0 Å². The van der Waals surface area contributed by atoms with Gasteiger partial charge in [0.2, 0.25) is 29.5 Å². The van der Waals surface area contributed by atoms with Gasteiger partial charge in [-0.25, -0.2) is 0 Å². The minimum Gasteiger partial charge on any atom is -0.508 e. The summed E-state index contributed by atoms with van der Waals surface area (Å²) in [7, 11) is 0. The van der Waals surface area contributed by atoms with Crippen LogP contribution in [0, 0.1) is 5.92 Å². The third-order valence-corrected chi connectivity index (χ3v) is 7.66. The van der Waals surface area contributed by atoms with Gasteiger partial charge in [0.05, 0.1) is 6.61 Å². The van der Waals surface area contributed by atoms with Gasteiger partial charge in [-0.05, 0) is 48.4 Å². The first kappa shape index (κ1) is 37.3. The molecule has 1 fully saturated rings. The molecule has 0 aliphatic carbocycles. The number of aromatic hydroxyl groups is 1. The lowest BCUT2D eigenvalue weighted by atomic mass is 10.0. The molecule has 5 atom stereocenters. The van der Waals surface area contributed by atoms with Crippen molar-refractivity contribution in [1.29, 1.82) is 0 Å². The Morgan fingerprint density at radius 3 is 1.69 bits per heavy atom. The Balaban J connectivity index is 2.05. The van der Waals surface area contributed by atoms with E-state index in [9.17, 15) is 34.2 Å². The van der Waals surface area contributed by atoms with Crippen molar-refractivity contribution in [2.24, 2.45) is 22.4 Å². The van der Waals surface area contributed by atoms with Crippen molar-refractivity contribution in [2.45, 2.75) is 76.2 Å². The first-order valence-electron chi connectivity index (χ1n) is 15.9. The third kappa shape index (κ3) is 11.9. The van der Waals surface area contributed by atoms with Crippen molar-refractivity contribution in [3.05, 3.63) is 65.7 Å². The van der Waals surface area contributed by atoms with Gasteiger partial charge in [-0.15, -0.1) is 0 Å². The molecule has 1 saturated heterocycles. The molecule has 48 heavy (non-hydrogen) atoms. The molecule has 11 N–H and O–H groups in total. The Morgan fingerprint density at radius 2 is 1.15 bits per heavy atom. The van der Waals surface area contributed by atoms with Crippen LogP contribution in [0.2, 0.25) is 0 Å². The first-order chi connectivity index (χ1) is 22.9. The number of aliphatic hydroxyl groups excluding tert-OH is 1. The normalized spacial score (nSPS) is 22.7. The molecule has 15 heteroatoms. The Labute approximate surface area is 279 Å². The van der Waals surface area contributed by atoms with Gasteiger partial charge in [-0.1, -0.05) is 56.3 Å². The number of nitrogens with two attached hydrogens (primary N) is 2. The molecule has 0 bridgehead atoms. The topological polar surface area (TPSA) is 250 Å². The van der Waals surface area contributed by atoms with E-state index in [0.717, 1.165) is 5.56 Å². The number of aliphatic imine (C=N–C) groups is 1. The Kier molecular flexibility index (Phi) is 14.2. The lowest BCUT2D eigenvalue weighted by molar-refractivity contribution is -0.134. The number of benzene rings is 2. The van der Waals surface area contributed by atoms with Crippen LogP contribution in [0.25, 0.3) is 0 Å². The fourth-order valence-electron chi connectivity index (χ4n) is 5.17. The second kappa shape index (κ2) is 18.2. The molecule has 260 valence electrons. The maximum atomic E-state index is 13.8. The van der Waals surface area contributed by atoms with E-state index < -0.39 is 66.4 Å². The molecule has 1 aliphatic heterocycles. The SMILES string of the molecule is CC(C)CC1NC(=O)C(Cc2ccccc2)NC(=O)C(CCCN=C(N)N)NC(=O)C(Cc2ccc(O)cc2)NC(=O)C(CO)NC1=O. The number of phenolic OH excluding ortho intramolecular Hbond substituents is 1. The van der Waals surface area contributed by atoms with E-state index in [0.29, 0.717) is 5.56 Å². The van der Waals surface area contributed by atoms with Crippen molar-refractivity contribution in [2.75, 3.05) is 13.2 Å². The fourth-order valence-corrected chi connectivity index (χ4v) is 5.17. The molecule has 5 amide bonds. The molecule has 5 unspecified atom stereocenters. The van der Waals surface area contributed by atoms with E-state index in [-0.39, 0.29) is 56.3 Å². The zero-order chi connectivity index (χ0) is 35.2. The van der Waals surface area contributed by atoms with E-state index in [4.69, 9.17) is 11.5 Å². The van der Waals surface area contributed by atoms with E-state index in [2.05, 4.69) is 31.6 Å². The highest BCUT2D eigenvalue weighted by atomic mass is 16.3. The van der Waals surface area contributed by atoms with Gasteiger partial charge in [0, 0.05) is 19.4 Å². The van der Waals surface area contributed by atoms with Gasteiger partial charge in [-0.2, -0.15) is 0 Å². The van der Waals surface area contributed by atoms with Gasteiger partial charge in [0.25, 0.3) is 0 Å². The molecule has 0 saturated carbocycles. The van der Waals surface area contributed by atoms with Crippen LogP contribution in [-0.4, -0.2) is 89.1 Å². The summed E-state index contributed by atoms with van der Waals surface area (Å²) in [6.45, 7) is 3.07. The number of nitrogens with one attached hydrogen (secondary N) is 5. The number of carbonyl (C=O) groups excluding carboxylic acids is 5. The lowest BCUT2D eigenvalue weighted by Gasteiger charge is -2.26. The van der Waals surface area contributed by atoms with Crippen molar-refractivity contribution in [1.82, 2.24) is 26.6 Å². The molecule has 0 spiro atoms. The summed E-state index contributed by atoms with van der Waals surface area (Å²) in [6, 6.07) is 8.78. The Hall–Kier alpha value is -5.18. The van der Waals surface area contributed by atoms with E-state index in [1.807, 2.05) is 19.9 Å². The van der Waals surface area contributed by atoms with Crippen LogP contribution < -0.4 is 38.1 Å². The van der Waals surface area contributed by atoms with E-state index >= 15 is 0 Å². The average Bonchev–Trinajstić information content (AvgIpc) is 3.04. The zero-order valence-electron chi connectivity index (χ0n) is 27.1. The molecule has 15 nitrogen and oxygen atoms in total. The summed E-state index contributed by atoms with van der Waals surface area (Å²) in [5, 5.41) is 33.1. The molecule has 2 aromatic carbocycles. The predicted molar refractivity (Wildman–Crippen MR) is 178 cm³/mol. The van der Waals surface area contributed by atoms with E-state index in [1.165, 1.54) is 12.1 Å². The van der Waals surface area contributed by atoms with Crippen molar-refractivity contribution in [3.8, 4) is 5.75 Å². The zero-order valence-corrected chi connectivity index (χ0v) is 27.1. The number of nitrogens with zero attached hydrogens (tertiary/aromatic N) is 1. The van der Waals surface area contributed by atoms with Crippen molar-refractivity contribution >= 4 is 35.5 Å². The largest absolute Gasteiger partial charge is 0.508 e. The highest BCUT2D eigenvalue weighted by molar-refractivity contribution is 5.98. The number of carbonyl (C=O) groups is 5. The summed E-state index contributed by atoms with van der Waals surface area (Å²) in [5.74, 6) is -3.84. The Bertz CT molecular complexity index is 1430. The van der Waals surface area contributed by atoms with Gasteiger partial charge in [-0.3, -0.25) is 29.0 Å². The summed E-state index contributed by atoms with van der Waals surface area (Å²) < 4.78 is 0. The minimum absolute atomic E-state index is 0.000888. The van der Waals surface area contributed by atoms with Crippen LogP contribution in [-0.2, 0) is 36.8 Å². The molecule has 1 aliphatic rings. The van der Waals surface area contributed by atoms with Crippen LogP contribution in [0.1, 0.15) is 44.2 Å². The number of guanidine groups is 1. The van der Waals surface area contributed by atoms with Gasteiger partial charge >= 0.3 is 0 Å². The highest BCUT2D eigenvalue weighted by Crippen LogP contribution is 2.13. The molecule has 1 heterocycles. The maximum Gasteiger partial charge on any atom is 0.245 e. The van der Waals surface area contributed by atoms with E-state index in [1.54, 1.807) is 36.4 Å². The minimum atomic E-state index is -1.46. The highest BCUT2D eigenvalue weighted by Gasteiger charge is 2.34. The van der Waals surface area contributed by atoms with Crippen molar-refractivity contribution < 1.29 is 34.2 Å². The number of rotatable bonds is 11. The number of hydrogen-bond acceptors (Lipinski definition) is 8. The molecular weight excluding hydrogens is 620 g/mol. The predicted octanol–water partition coefficient (Wildman–Crippen LogP) is -1.29. The monoisotopic (exact) mass is 666 g/mol. The number of aliphatic hydroxyl groups is 1. The van der Waals surface area contributed by atoms with Gasteiger partial charge in [0.1, 0.15) is 36.0 Å². The van der Waals surface area contributed by atoms with Gasteiger partial charge in [0.15, 0.2) is 5.96 Å². The lowest BCUT2D eigenvalue weighted by Crippen LogP contribution is -2.59. The molecule has 2 aromatic rings. The van der Waals surface area contributed by atoms with Crippen LogP contribution in [0.4, 0.5) is 0 Å². The average molecular weight is 667 g/mol. The standard InChI is InChI=1S/C33H46N8O7/c1-19(2)15-24-29(45)41-27(18-42)32(48)40-26(17-21-10-12-22(43)13-11-21)30(46)37-23(9-6-14-36-33(34)35)28(44)39-25(31(47)38-24)16-20-7-4-3-5-8-20/h3-5,7-8,10-13,19,23-27,42-43H,6,9,14-18H2,1-2H3,(H,37,46)(H,38,47)(H,39,44)(H,40,48)(H,41,45)(H4,34,35,36). The number of hydrogen-bond donors (Lipinski definition) is 9. The summed E-state index contributed by atoms with van der Waals surface area (Å²) in [4.78, 5) is 72.2. The van der Waals surface area contributed by atoms with Crippen LogP contribution in [0.3, 0.4) is 0 Å². The second-order valence-corrected chi connectivity index (χ2v) is 12.1. The molecule has 0 aromatic heterocycles. The second-order valence-electron chi connectivity index (χ2n) is 12.1. The summed E-state index contributed by atoms with van der Waals surface area (Å²) in [5.41, 5.74) is 12.2. The summed E-state index contributed by atoms with van der Waals surface area (Å²) in [6.07, 6.45) is 0.566. The molecule has 0 radical (unpaired) electrons. The fraction of sp³-hybridized carbons (Fsp3) is 0.455. The number of phenols is 1. The van der Waals surface area contributed by atoms with Crippen molar-refractivity contribution in [3.63, 3.8) is 0 Å². The van der Waals surface area contributed by atoms with Crippen LogP contribution in [0.5, 0.6) is 5.75 Å². The quantitative estimate of drug-likeness (QED) is 0.0785. The first-order valence-corrected chi connectivity index (χ1v) is 15.9. The smallest absolute Gasteiger partial charge is 0.245 e. The van der Waals surface area contributed by atoms with Gasteiger partial charge < -0.3 is 48.3 Å². The molecule has 3 rings (SSSR count).